The molecule has 2 rings (SSSR count). The van der Waals surface area contributed by atoms with Crippen LogP contribution in [0, 0.1) is 0 Å². The van der Waals surface area contributed by atoms with E-state index in [4.69, 9.17) is 5.11 Å². The fourth-order valence-corrected chi connectivity index (χ4v) is 1.58. The van der Waals surface area contributed by atoms with Crippen molar-refractivity contribution in [2.24, 2.45) is 0 Å². The van der Waals surface area contributed by atoms with Gasteiger partial charge in [0.15, 0.2) is 5.65 Å². The Bertz CT molecular complexity index is 570. The Labute approximate surface area is 90.5 Å². The van der Waals surface area contributed by atoms with Crippen LogP contribution in [0.15, 0.2) is 23.1 Å². The number of hydrogen-bond donors (Lipinski definition) is 2. The topological polar surface area (TPSA) is 88.0 Å². The van der Waals surface area contributed by atoms with E-state index in [0.717, 1.165) is 0 Å². The number of aromatic amines is 1. The number of aliphatic carboxylic acids is 1. The summed E-state index contributed by atoms with van der Waals surface area (Å²) in [6.07, 6.45) is 2.06. The predicted octanol–water partition coefficient (Wildman–Crippen LogP) is 0.589. The molecular formula is C10H11N3O3. The number of pyridine rings is 1. The third kappa shape index (κ3) is 1.95. The summed E-state index contributed by atoms with van der Waals surface area (Å²) in [5.41, 5.74) is 0.986. The number of aromatic nitrogens is 3. The van der Waals surface area contributed by atoms with Crippen molar-refractivity contribution in [1.29, 1.82) is 0 Å². The van der Waals surface area contributed by atoms with Gasteiger partial charge in [0, 0.05) is 19.2 Å². The molecule has 0 aliphatic carbocycles. The third-order valence-electron chi connectivity index (χ3n) is 2.30. The minimum Gasteiger partial charge on any atom is -0.481 e. The fraction of sp³-hybridized carbons (Fsp3) is 0.300. The van der Waals surface area contributed by atoms with Crippen molar-refractivity contribution in [3.8, 4) is 0 Å². The summed E-state index contributed by atoms with van der Waals surface area (Å²) in [7, 11) is 0. The first-order valence-electron chi connectivity index (χ1n) is 4.94. The van der Waals surface area contributed by atoms with Crippen LogP contribution in [0.25, 0.3) is 11.2 Å². The number of imidazole rings is 1. The van der Waals surface area contributed by atoms with Crippen molar-refractivity contribution < 1.29 is 9.90 Å². The van der Waals surface area contributed by atoms with E-state index in [0.29, 0.717) is 24.1 Å². The molecule has 0 atom stereocenters. The van der Waals surface area contributed by atoms with Crippen LogP contribution >= 0.6 is 0 Å². The molecule has 0 radical (unpaired) electrons. The van der Waals surface area contributed by atoms with Gasteiger partial charge in [0.1, 0.15) is 0 Å². The largest absolute Gasteiger partial charge is 0.481 e. The SMILES string of the molecule is O=C(O)CCCn1c(=O)[nH]c2cccnc21. The average molecular weight is 221 g/mol. The highest BCUT2D eigenvalue weighted by Gasteiger charge is 2.07. The second kappa shape index (κ2) is 4.18. The Balaban J connectivity index is 2.26. The Hall–Kier alpha value is -2.11. The number of nitrogens with one attached hydrogen (secondary N) is 1. The normalized spacial score (nSPS) is 10.8. The van der Waals surface area contributed by atoms with E-state index < -0.39 is 5.97 Å². The van der Waals surface area contributed by atoms with E-state index in [9.17, 15) is 9.59 Å². The number of rotatable bonds is 4. The van der Waals surface area contributed by atoms with Gasteiger partial charge < -0.3 is 10.1 Å². The zero-order valence-corrected chi connectivity index (χ0v) is 8.51. The van der Waals surface area contributed by atoms with Gasteiger partial charge in [-0.25, -0.2) is 9.78 Å². The zero-order chi connectivity index (χ0) is 11.5. The second-order valence-corrected chi connectivity index (χ2v) is 3.45. The maximum Gasteiger partial charge on any atom is 0.327 e. The van der Waals surface area contributed by atoms with Crippen LogP contribution in [-0.4, -0.2) is 25.6 Å². The van der Waals surface area contributed by atoms with Crippen LogP contribution in [0.3, 0.4) is 0 Å². The first-order valence-corrected chi connectivity index (χ1v) is 4.94. The molecule has 0 aromatic carbocycles. The summed E-state index contributed by atoms with van der Waals surface area (Å²) in [6, 6.07) is 3.50. The lowest BCUT2D eigenvalue weighted by Crippen LogP contribution is -2.17. The first kappa shape index (κ1) is 10.4. The monoisotopic (exact) mass is 221 g/mol. The highest BCUT2D eigenvalue weighted by molar-refractivity contribution is 5.70. The molecule has 0 unspecified atom stereocenters. The van der Waals surface area contributed by atoms with Gasteiger partial charge in [-0.1, -0.05) is 0 Å². The van der Waals surface area contributed by atoms with Crippen molar-refractivity contribution >= 4 is 17.1 Å². The van der Waals surface area contributed by atoms with Gasteiger partial charge >= 0.3 is 11.7 Å². The molecule has 0 saturated carbocycles. The lowest BCUT2D eigenvalue weighted by atomic mass is 10.3. The Morgan fingerprint density at radius 3 is 3.12 bits per heavy atom. The maximum atomic E-state index is 11.5. The minimum absolute atomic E-state index is 0.0476. The molecule has 0 saturated heterocycles. The van der Waals surface area contributed by atoms with Crippen LogP contribution in [0.4, 0.5) is 0 Å². The number of H-pyrrole nitrogens is 1. The lowest BCUT2D eigenvalue weighted by Gasteiger charge is -1.99. The maximum absolute atomic E-state index is 11.5. The summed E-state index contributed by atoms with van der Waals surface area (Å²) < 4.78 is 1.46. The molecule has 84 valence electrons. The standard InChI is InChI=1S/C10H11N3O3/c14-8(15)4-2-6-13-9-7(12-10(13)16)3-1-5-11-9/h1,3,5H,2,4,6H2,(H,12,16)(H,14,15). The van der Waals surface area contributed by atoms with Crippen molar-refractivity contribution in [3.63, 3.8) is 0 Å². The van der Waals surface area contributed by atoms with E-state index in [1.807, 2.05) is 0 Å². The van der Waals surface area contributed by atoms with Crippen molar-refractivity contribution in [3.05, 3.63) is 28.8 Å². The van der Waals surface area contributed by atoms with E-state index in [-0.39, 0.29) is 12.1 Å². The summed E-state index contributed by atoms with van der Waals surface area (Å²) in [5, 5.41) is 8.51. The molecule has 2 heterocycles. The Morgan fingerprint density at radius 1 is 1.56 bits per heavy atom. The smallest absolute Gasteiger partial charge is 0.327 e. The molecule has 2 aromatic rings. The first-order chi connectivity index (χ1) is 7.68. The van der Waals surface area contributed by atoms with Crippen LogP contribution in [0.1, 0.15) is 12.8 Å². The molecule has 2 N–H and O–H groups in total. The molecule has 0 aliphatic heterocycles. The Kier molecular flexibility index (Phi) is 2.72. The number of hydrogen-bond acceptors (Lipinski definition) is 3. The highest BCUT2D eigenvalue weighted by Crippen LogP contribution is 2.06. The van der Waals surface area contributed by atoms with E-state index in [1.165, 1.54) is 4.57 Å². The van der Waals surface area contributed by atoms with Gasteiger partial charge in [0.25, 0.3) is 0 Å². The van der Waals surface area contributed by atoms with Crippen molar-refractivity contribution in [1.82, 2.24) is 14.5 Å². The fourth-order valence-electron chi connectivity index (χ4n) is 1.58. The summed E-state index contributed by atoms with van der Waals surface area (Å²) in [5.74, 6) is -0.860. The number of carbonyl (C=O) groups is 1. The molecule has 0 bridgehead atoms. The number of carboxylic acid groups (broad SMARTS) is 1. The zero-order valence-electron chi connectivity index (χ0n) is 8.51. The second-order valence-electron chi connectivity index (χ2n) is 3.45. The molecule has 16 heavy (non-hydrogen) atoms. The molecule has 0 aliphatic rings. The van der Waals surface area contributed by atoms with Crippen molar-refractivity contribution in [2.45, 2.75) is 19.4 Å². The van der Waals surface area contributed by atoms with Crippen LogP contribution < -0.4 is 5.69 Å². The summed E-state index contributed by atoms with van der Waals surface area (Å²) >= 11 is 0. The van der Waals surface area contributed by atoms with Gasteiger partial charge in [0.2, 0.25) is 0 Å². The summed E-state index contributed by atoms with van der Waals surface area (Å²) in [6.45, 7) is 0.363. The molecule has 6 nitrogen and oxygen atoms in total. The van der Waals surface area contributed by atoms with E-state index >= 15 is 0 Å². The number of fused-ring (bicyclic) bond motifs is 1. The predicted molar refractivity (Wildman–Crippen MR) is 57.2 cm³/mol. The molecule has 0 spiro atoms. The van der Waals surface area contributed by atoms with Crippen LogP contribution in [0.5, 0.6) is 0 Å². The average Bonchev–Trinajstić information content (AvgIpc) is 2.55. The van der Waals surface area contributed by atoms with Crippen molar-refractivity contribution in [2.75, 3.05) is 0 Å². The van der Waals surface area contributed by atoms with Gasteiger partial charge in [-0.05, 0) is 18.6 Å². The lowest BCUT2D eigenvalue weighted by molar-refractivity contribution is -0.137. The molecular weight excluding hydrogens is 210 g/mol. The number of aryl methyl sites for hydroxylation is 1. The molecule has 0 amide bonds. The van der Waals surface area contributed by atoms with Gasteiger partial charge in [-0.2, -0.15) is 0 Å². The van der Waals surface area contributed by atoms with Crippen LogP contribution in [-0.2, 0) is 11.3 Å². The highest BCUT2D eigenvalue weighted by atomic mass is 16.4. The van der Waals surface area contributed by atoms with Gasteiger partial charge in [-0.3, -0.25) is 9.36 Å². The third-order valence-corrected chi connectivity index (χ3v) is 2.30. The van der Waals surface area contributed by atoms with Gasteiger partial charge in [-0.15, -0.1) is 0 Å². The quantitative estimate of drug-likeness (QED) is 0.790. The van der Waals surface area contributed by atoms with E-state index in [2.05, 4.69) is 9.97 Å². The van der Waals surface area contributed by atoms with Crippen LogP contribution in [0.2, 0.25) is 0 Å². The minimum atomic E-state index is -0.860. The van der Waals surface area contributed by atoms with E-state index in [1.54, 1.807) is 18.3 Å². The molecule has 0 fully saturated rings. The number of carboxylic acids is 1. The Morgan fingerprint density at radius 2 is 2.38 bits per heavy atom. The molecule has 6 heteroatoms. The summed E-state index contributed by atoms with van der Waals surface area (Å²) in [4.78, 5) is 28.6. The number of nitrogens with zero attached hydrogens (tertiary/aromatic N) is 2. The molecule has 2 aromatic heterocycles. The van der Waals surface area contributed by atoms with Gasteiger partial charge in [0.05, 0.1) is 5.52 Å².